The van der Waals surface area contributed by atoms with Crippen molar-refractivity contribution in [1.82, 2.24) is 4.98 Å². The summed E-state index contributed by atoms with van der Waals surface area (Å²) in [7, 11) is 0. The summed E-state index contributed by atoms with van der Waals surface area (Å²) in [6, 6.07) is 9.39. The van der Waals surface area contributed by atoms with Gasteiger partial charge >= 0.3 is 0 Å². The molecule has 6 nitrogen and oxygen atoms in total. The summed E-state index contributed by atoms with van der Waals surface area (Å²) in [6.07, 6.45) is 7.81. The number of amides is 1. The smallest absolute Gasteiger partial charge is 0.255 e. The molecule has 1 fully saturated rings. The average molecular weight is 353 g/mol. The number of nitrogens with zero attached hydrogens (tertiary/aromatic N) is 1. The first kappa shape index (κ1) is 16.7. The second-order valence-electron chi connectivity index (χ2n) is 6.72. The van der Waals surface area contributed by atoms with Gasteiger partial charge in [-0.25, -0.2) is 4.98 Å². The van der Waals surface area contributed by atoms with E-state index in [0.717, 1.165) is 18.7 Å². The number of nitrogens with one attached hydrogen (secondary N) is 2. The lowest BCUT2D eigenvalue weighted by atomic mass is 9.95. The predicted molar refractivity (Wildman–Crippen MR) is 100 cm³/mol. The van der Waals surface area contributed by atoms with E-state index in [0.29, 0.717) is 42.0 Å². The number of carbonyl (C=O) groups is 1. The predicted octanol–water partition coefficient (Wildman–Crippen LogP) is 3.85. The monoisotopic (exact) mass is 353 g/mol. The molecular formula is C20H23N3O3. The minimum Gasteiger partial charge on any atom is -0.486 e. The van der Waals surface area contributed by atoms with E-state index >= 15 is 0 Å². The van der Waals surface area contributed by atoms with Gasteiger partial charge in [-0.05, 0) is 37.1 Å². The van der Waals surface area contributed by atoms with E-state index in [9.17, 15) is 4.79 Å². The molecule has 4 rings (SSSR count). The molecule has 26 heavy (non-hydrogen) atoms. The molecule has 0 radical (unpaired) electrons. The Morgan fingerprint density at radius 2 is 1.81 bits per heavy atom. The van der Waals surface area contributed by atoms with Crippen molar-refractivity contribution in [3.8, 4) is 11.5 Å². The summed E-state index contributed by atoms with van der Waals surface area (Å²) in [4.78, 5) is 16.9. The Bertz CT molecular complexity index is 788. The Kier molecular flexibility index (Phi) is 4.91. The first-order chi connectivity index (χ1) is 12.8. The largest absolute Gasteiger partial charge is 0.486 e. The van der Waals surface area contributed by atoms with Gasteiger partial charge in [0.15, 0.2) is 11.5 Å². The van der Waals surface area contributed by atoms with Crippen LogP contribution in [-0.2, 0) is 0 Å². The Morgan fingerprint density at radius 3 is 2.65 bits per heavy atom. The van der Waals surface area contributed by atoms with Crippen molar-refractivity contribution in [2.24, 2.45) is 0 Å². The number of hydrogen-bond acceptors (Lipinski definition) is 5. The molecule has 1 aromatic carbocycles. The van der Waals surface area contributed by atoms with Gasteiger partial charge in [0.05, 0.1) is 0 Å². The Balaban J connectivity index is 1.43. The molecule has 136 valence electrons. The minimum absolute atomic E-state index is 0.171. The minimum atomic E-state index is -0.171. The van der Waals surface area contributed by atoms with Crippen molar-refractivity contribution in [2.75, 3.05) is 23.8 Å². The fraction of sp³-hybridized carbons (Fsp3) is 0.400. The molecule has 0 unspecified atom stereocenters. The van der Waals surface area contributed by atoms with Crippen LogP contribution in [0.15, 0.2) is 36.5 Å². The number of ether oxygens (including phenoxy) is 2. The van der Waals surface area contributed by atoms with Crippen LogP contribution in [0.3, 0.4) is 0 Å². The molecule has 0 spiro atoms. The van der Waals surface area contributed by atoms with Crippen LogP contribution < -0.4 is 20.1 Å². The molecule has 1 aromatic heterocycles. The maximum Gasteiger partial charge on any atom is 0.255 e. The lowest BCUT2D eigenvalue weighted by Crippen LogP contribution is -2.23. The molecule has 0 atom stereocenters. The van der Waals surface area contributed by atoms with Gasteiger partial charge in [0.2, 0.25) is 0 Å². The molecule has 0 bridgehead atoms. The van der Waals surface area contributed by atoms with E-state index in [4.69, 9.17) is 9.47 Å². The summed E-state index contributed by atoms with van der Waals surface area (Å²) >= 11 is 0. The number of fused-ring (bicyclic) bond motifs is 1. The summed E-state index contributed by atoms with van der Waals surface area (Å²) in [5.74, 6) is 1.95. The van der Waals surface area contributed by atoms with Crippen LogP contribution >= 0.6 is 0 Å². The first-order valence-corrected chi connectivity index (χ1v) is 9.21. The molecule has 2 aromatic rings. The second kappa shape index (κ2) is 7.64. The fourth-order valence-electron chi connectivity index (χ4n) is 3.43. The zero-order valence-corrected chi connectivity index (χ0v) is 14.7. The maximum absolute atomic E-state index is 12.6. The van der Waals surface area contributed by atoms with E-state index < -0.39 is 0 Å². The molecule has 2 heterocycles. The van der Waals surface area contributed by atoms with E-state index in [1.807, 2.05) is 18.2 Å². The number of pyridine rings is 1. The molecule has 1 aliphatic heterocycles. The van der Waals surface area contributed by atoms with Crippen LogP contribution in [0.2, 0.25) is 0 Å². The number of hydrogen-bond donors (Lipinski definition) is 2. The summed E-state index contributed by atoms with van der Waals surface area (Å²) in [6.45, 7) is 1.07. The number of carbonyl (C=O) groups excluding carboxylic acids is 1. The molecule has 2 N–H and O–H groups in total. The van der Waals surface area contributed by atoms with E-state index in [1.165, 1.54) is 19.3 Å². The van der Waals surface area contributed by atoms with Gasteiger partial charge in [0, 0.05) is 29.6 Å². The van der Waals surface area contributed by atoms with Gasteiger partial charge in [-0.15, -0.1) is 0 Å². The van der Waals surface area contributed by atoms with Gasteiger partial charge in [-0.2, -0.15) is 0 Å². The highest BCUT2D eigenvalue weighted by Gasteiger charge is 2.16. The normalized spacial score (nSPS) is 16.8. The van der Waals surface area contributed by atoms with Gasteiger partial charge < -0.3 is 20.1 Å². The molecule has 1 aliphatic carbocycles. The van der Waals surface area contributed by atoms with Crippen molar-refractivity contribution in [3.63, 3.8) is 0 Å². The zero-order valence-electron chi connectivity index (χ0n) is 14.7. The standard InChI is InChI=1S/C20H23N3O3/c24-20(23-16-6-7-17-18(13-16)26-11-10-25-17)14-8-9-21-19(12-14)22-15-4-2-1-3-5-15/h6-9,12-13,15H,1-5,10-11H2,(H,21,22)(H,23,24). The number of anilines is 2. The van der Waals surface area contributed by atoms with Crippen molar-refractivity contribution < 1.29 is 14.3 Å². The van der Waals surface area contributed by atoms with Crippen molar-refractivity contribution >= 4 is 17.4 Å². The fourth-order valence-corrected chi connectivity index (χ4v) is 3.43. The quantitative estimate of drug-likeness (QED) is 0.873. The Hall–Kier alpha value is -2.76. The average Bonchev–Trinajstić information content (AvgIpc) is 2.69. The van der Waals surface area contributed by atoms with E-state index in [1.54, 1.807) is 18.3 Å². The van der Waals surface area contributed by atoms with Crippen LogP contribution in [0.5, 0.6) is 11.5 Å². The molecule has 1 saturated carbocycles. The molecular weight excluding hydrogens is 330 g/mol. The van der Waals surface area contributed by atoms with Crippen LogP contribution in [0.4, 0.5) is 11.5 Å². The first-order valence-electron chi connectivity index (χ1n) is 9.21. The topological polar surface area (TPSA) is 72.5 Å². The maximum atomic E-state index is 12.6. The number of rotatable bonds is 4. The van der Waals surface area contributed by atoms with E-state index in [-0.39, 0.29) is 5.91 Å². The zero-order chi connectivity index (χ0) is 17.8. The number of aromatic nitrogens is 1. The SMILES string of the molecule is O=C(Nc1ccc2c(c1)OCCO2)c1ccnc(NC2CCCCC2)c1. The molecule has 2 aliphatic rings. The molecule has 6 heteroatoms. The molecule has 0 saturated heterocycles. The lowest BCUT2D eigenvalue weighted by Gasteiger charge is -2.23. The third-order valence-corrected chi connectivity index (χ3v) is 4.78. The van der Waals surface area contributed by atoms with Crippen molar-refractivity contribution in [3.05, 3.63) is 42.1 Å². The second-order valence-corrected chi connectivity index (χ2v) is 6.72. The summed E-state index contributed by atoms with van der Waals surface area (Å²) in [5, 5.41) is 6.36. The van der Waals surface area contributed by atoms with Gasteiger partial charge in [0.1, 0.15) is 19.0 Å². The number of benzene rings is 1. The van der Waals surface area contributed by atoms with Gasteiger partial charge in [-0.1, -0.05) is 19.3 Å². The highest BCUT2D eigenvalue weighted by molar-refractivity contribution is 6.04. The van der Waals surface area contributed by atoms with Gasteiger partial charge in [0.25, 0.3) is 5.91 Å². The third-order valence-electron chi connectivity index (χ3n) is 4.78. The van der Waals surface area contributed by atoms with Crippen LogP contribution in [-0.4, -0.2) is 30.1 Å². The highest BCUT2D eigenvalue weighted by Crippen LogP contribution is 2.32. The summed E-state index contributed by atoms with van der Waals surface area (Å²) < 4.78 is 11.1. The van der Waals surface area contributed by atoms with Crippen LogP contribution in [0, 0.1) is 0 Å². The Morgan fingerprint density at radius 1 is 1.00 bits per heavy atom. The summed E-state index contributed by atoms with van der Waals surface area (Å²) in [5.41, 5.74) is 1.26. The highest BCUT2D eigenvalue weighted by atomic mass is 16.6. The van der Waals surface area contributed by atoms with Crippen LogP contribution in [0.1, 0.15) is 42.5 Å². The Labute approximate surface area is 152 Å². The van der Waals surface area contributed by atoms with Gasteiger partial charge in [-0.3, -0.25) is 4.79 Å². The van der Waals surface area contributed by atoms with Crippen molar-refractivity contribution in [1.29, 1.82) is 0 Å². The van der Waals surface area contributed by atoms with Crippen LogP contribution in [0.25, 0.3) is 0 Å². The van der Waals surface area contributed by atoms with E-state index in [2.05, 4.69) is 15.6 Å². The molecule has 1 amide bonds. The lowest BCUT2D eigenvalue weighted by molar-refractivity contribution is 0.102. The third kappa shape index (κ3) is 3.90. The van der Waals surface area contributed by atoms with Crippen molar-refractivity contribution in [2.45, 2.75) is 38.1 Å².